The van der Waals surface area contributed by atoms with Gasteiger partial charge in [-0.05, 0) is 63.2 Å². The third kappa shape index (κ3) is 3.55. The number of nitrogens with one attached hydrogen (secondary N) is 2. The number of thiocarbonyl (C=S) groups is 1. The van der Waals surface area contributed by atoms with Gasteiger partial charge >= 0.3 is 0 Å². The van der Waals surface area contributed by atoms with Crippen molar-refractivity contribution in [1.29, 1.82) is 0 Å². The minimum Gasteiger partial charge on any atom is -0.399 e. The van der Waals surface area contributed by atoms with Crippen LogP contribution >= 0.6 is 28.1 Å². The molecule has 0 atom stereocenters. The van der Waals surface area contributed by atoms with Crippen LogP contribution in [0.3, 0.4) is 0 Å². The minimum atomic E-state index is -0.254. The summed E-state index contributed by atoms with van der Waals surface area (Å²) < 4.78 is 0.768. The molecule has 3 aromatic rings. The Kier molecular flexibility index (Phi) is 4.78. The fourth-order valence-corrected chi connectivity index (χ4v) is 3.08. The number of carbonyl (C=O) groups excluding carboxylic acids is 1. The number of fused-ring (bicyclic) bond motifs is 1. The molecule has 0 fully saturated rings. The van der Waals surface area contributed by atoms with Crippen molar-refractivity contribution in [2.24, 2.45) is 0 Å². The van der Waals surface area contributed by atoms with Gasteiger partial charge in [-0.25, -0.2) is 0 Å². The number of nitrogens with two attached hydrogens (primary N) is 1. The Hall–Kier alpha value is -2.44. The highest BCUT2D eigenvalue weighted by atomic mass is 79.9. The fraction of sp³-hybridized carbons (Fsp3) is 0. The summed E-state index contributed by atoms with van der Waals surface area (Å²) in [7, 11) is 0. The fourth-order valence-electron chi connectivity index (χ4n) is 2.38. The van der Waals surface area contributed by atoms with Gasteiger partial charge in [0.15, 0.2) is 5.11 Å². The van der Waals surface area contributed by atoms with E-state index < -0.39 is 0 Å². The quantitative estimate of drug-likeness (QED) is 0.443. The van der Waals surface area contributed by atoms with E-state index in [-0.39, 0.29) is 11.0 Å². The number of hydrogen-bond acceptors (Lipinski definition) is 3. The Morgan fingerprint density at radius 2 is 1.79 bits per heavy atom. The summed E-state index contributed by atoms with van der Waals surface area (Å²) in [6.45, 7) is 0. The maximum absolute atomic E-state index is 12.5. The molecule has 3 rings (SSSR count). The minimum absolute atomic E-state index is 0.221. The Morgan fingerprint density at radius 1 is 1.04 bits per heavy atom. The first-order chi connectivity index (χ1) is 11.5. The molecule has 6 heteroatoms. The van der Waals surface area contributed by atoms with Gasteiger partial charge in [0.25, 0.3) is 5.91 Å². The van der Waals surface area contributed by atoms with E-state index in [0.29, 0.717) is 11.3 Å². The van der Waals surface area contributed by atoms with Crippen molar-refractivity contribution in [2.45, 2.75) is 0 Å². The highest BCUT2D eigenvalue weighted by Gasteiger charge is 2.12. The average Bonchev–Trinajstić information content (AvgIpc) is 2.57. The van der Waals surface area contributed by atoms with E-state index in [4.69, 9.17) is 18.0 Å². The van der Waals surface area contributed by atoms with Crippen molar-refractivity contribution in [3.63, 3.8) is 0 Å². The topological polar surface area (TPSA) is 67.2 Å². The van der Waals surface area contributed by atoms with E-state index in [1.807, 2.05) is 36.4 Å². The molecule has 0 saturated carbocycles. The molecule has 0 aliphatic carbocycles. The van der Waals surface area contributed by atoms with Gasteiger partial charge < -0.3 is 11.1 Å². The van der Waals surface area contributed by atoms with E-state index in [1.165, 1.54) is 0 Å². The van der Waals surface area contributed by atoms with Crippen LogP contribution in [0.4, 0.5) is 11.4 Å². The summed E-state index contributed by atoms with van der Waals surface area (Å²) >= 11 is 8.64. The lowest BCUT2D eigenvalue weighted by molar-refractivity contribution is 0.0979. The number of carbonyl (C=O) groups is 1. The molecule has 1 amide bonds. The average molecular weight is 400 g/mol. The number of halogens is 1. The van der Waals surface area contributed by atoms with E-state index in [2.05, 4.69) is 26.6 Å². The first kappa shape index (κ1) is 16.4. The van der Waals surface area contributed by atoms with E-state index in [1.54, 1.807) is 24.3 Å². The van der Waals surface area contributed by atoms with Crippen LogP contribution in [0.1, 0.15) is 10.4 Å². The van der Waals surface area contributed by atoms with Gasteiger partial charge in [-0.2, -0.15) is 0 Å². The molecule has 0 unspecified atom stereocenters. The van der Waals surface area contributed by atoms with Crippen molar-refractivity contribution in [3.05, 3.63) is 70.7 Å². The Morgan fingerprint density at radius 3 is 2.58 bits per heavy atom. The van der Waals surface area contributed by atoms with Crippen molar-refractivity contribution >= 4 is 61.3 Å². The summed E-state index contributed by atoms with van der Waals surface area (Å²) in [5, 5.41) is 7.80. The second kappa shape index (κ2) is 6.98. The molecule has 0 spiro atoms. The first-order valence-electron chi connectivity index (χ1n) is 7.20. The molecule has 0 saturated heterocycles. The lowest BCUT2D eigenvalue weighted by atomic mass is 10.0. The van der Waals surface area contributed by atoms with Gasteiger partial charge in [0.1, 0.15) is 0 Å². The second-order valence-electron chi connectivity index (χ2n) is 5.17. The zero-order valence-corrected chi connectivity index (χ0v) is 14.9. The van der Waals surface area contributed by atoms with Crippen LogP contribution in [0.2, 0.25) is 0 Å². The zero-order valence-electron chi connectivity index (χ0n) is 12.5. The number of rotatable bonds is 2. The van der Waals surface area contributed by atoms with Gasteiger partial charge in [0.05, 0.1) is 5.69 Å². The zero-order chi connectivity index (χ0) is 17.1. The van der Waals surface area contributed by atoms with Crippen LogP contribution < -0.4 is 16.4 Å². The standard InChI is InChI=1S/C18H14BrN3OS/c19-15-10-12(20)8-9-16(15)21-18(24)22-17(23)14-7-3-5-11-4-1-2-6-13(11)14/h1-10H,20H2,(H2,21,22,23,24). The normalized spacial score (nSPS) is 10.4. The van der Waals surface area contributed by atoms with Gasteiger partial charge in [0, 0.05) is 15.7 Å². The molecule has 24 heavy (non-hydrogen) atoms. The molecule has 0 aromatic heterocycles. The molecule has 4 N–H and O–H groups in total. The smallest absolute Gasteiger partial charge is 0.258 e. The third-order valence-corrected chi connectivity index (χ3v) is 4.36. The monoisotopic (exact) mass is 399 g/mol. The van der Waals surface area contributed by atoms with E-state index in [0.717, 1.165) is 20.9 Å². The SMILES string of the molecule is Nc1ccc(NC(=S)NC(=O)c2cccc3ccccc23)c(Br)c1. The number of anilines is 2. The largest absolute Gasteiger partial charge is 0.399 e. The predicted molar refractivity (Wildman–Crippen MR) is 106 cm³/mol. The summed E-state index contributed by atoms with van der Waals surface area (Å²) in [5.74, 6) is -0.254. The van der Waals surface area contributed by atoms with Gasteiger partial charge in [-0.15, -0.1) is 0 Å². The number of hydrogen-bond donors (Lipinski definition) is 3. The van der Waals surface area contributed by atoms with Crippen LogP contribution in [0.5, 0.6) is 0 Å². The molecule has 120 valence electrons. The van der Waals surface area contributed by atoms with Crippen LogP contribution in [-0.2, 0) is 0 Å². The predicted octanol–water partition coefficient (Wildman–Crippen LogP) is 4.31. The Labute approximate surface area is 153 Å². The molecule has 0 heterocycles. The lowest BCUT2D eigenvalue weighted by Crippen LogP contribution is -2.34. The van der Waals surface area contributed by atoms with Crippen molar-refractivity contribution < 1.29 is 4.79 Å². The highest BCUT2D eigenvalue weighted by molar-refractivity contribution is 9.10. The van der Waals surface area contributed by atoms with Gasteiger partial charge in [-0.3, -0.25) is 10.1 Å². The summed E-state index contributed by atoms with van der Waals surface area (Å²) in [5.41, 5.74) is 7.65. The van der Waals surface area contributed by atoms with Crippen molar-refractivity contribution in [3.8, 4) is 0 Å². The van der Waals surface area contributed by atoms with Crippen LogP contribution in [0.15, 0.2) is 65.1 Å². The molecule has 0 aliphatic rings. The number of benzene rings is 3. The van der Waals surface area contributed by atoms with Crippen LogP contribution in [0.25, 0.3) is 10.8 Å². The summed E-state index contributed by atoms with van der Waals surface area (Å²) in [6.07, 6.45) is 0. The molecule has 3 aromatic carbocycles. The first-order valence-corrected chi connectivity index (χ1v) is 8.40. The van der Waals surface area contributed by atoms with Crippen molar-refractivity contribution in [1.82, 2.24) is 5.32 Å². The Bertz CT molecular complexity index is 937. The number of amides is 1. The van der Waals surface area contributed by atoms with Crippen LogP contribution in [0, 0.1) is 0 Å². The van der Waals surface area contributed by atoms with E-state index >= 15 is 0 Å². The summed E-state index contributed by atoms with van der Waals surface area (Å²) in [6, 6.07) is 18.6. The van der Waals surface area contributed by atoms with Gasteiger partial charge in [0.2, 0.25) is 0 Å². The summed E-state index contributed by atoms with van der Waals surface area (Å²) in [4.78, 5) is 12.5. The van der Waals surface area contributed by atoms with Gasteiger partial charge in [-0.1, -0.05) is 36.4 Å². The molecular weight excluding hydrogens is 386 g/mol. The third-order valence-electron chi connectivity index (χ3n) is 3.50. The highest BCUT2D eigenvalue weighted by Crippen LogP contribution is 2.24. The van der Waals surface area contributed by atoms with E-state index in [9.17, 15) is 4.79 Å². The lowest BCUT2D eigenvalue weighted by Gasteiger charge is -2.12. The van der Waals surface area contributed by atoms with Crippen molar-refractivity contribution in [2.75, 3.05) is 11.1 Å². The maximum Gasteiger partial charge on any atom is 0.258 e. The molecular formula is C18H14BrN3OS. The molecule has 0 radical (unpaired) electrons. The second-order valence-corrected chi connectivity index (χ2v) is 6.44. The number of nitrogen functional groups attached to an aromatic ring is 1. The maximum atomic E-state index is 12.5. The Balaban J connectivity index is 1.77. The molecule has 0 bridgehead atoms. The van der Waals surface area contributed by atoms with Crippen LogP contribution in [-0.4, -0.2) is 11.0 Å². The molecule has 0 aliphatic heterocycles. The molecule has 4 nitrogen and oxygen atoms in total.